The third kappa shape index (κ3) is 4.50. The molecule has 4 aromatic rings. The van der Waals surface area contributed by atoms with E-state index in [4.69, 9.17) is 14.0 Å². The summed E-state index contributed by atoms with van der Waals surface area (Å²) in [5, 5.41) is 3.97. The minimum atomic E-state index is 0.0666. The van der Waals surface area contributed by atoms with Crippen LogP contribution in [0.15, 0.2) is 77.4 Å². The molecule has 0 fully saturated rings. The third-order valence-corrected chi connectivity index (χ3v) is 4.62. The van der Waals surface area contributed by atoms with Crippen molar-refractivity contribution < 1.29 is 14.0 Å². The predicted octanol–water partition coefficient (Wildman–Crippen LogP) is 5.09. The molecule has 0 saturated carbocycles. The lowest BCUT2D eigenvalue weighted by Gasteiger charge is -2.10. The van der Waals surface area contributed by atoms with Crippen LogP contribution in [0, 0.1) is 0 Å². The van der Waals surface area contributed by atoms with Crippen LogP contribution in [0.5, 0.6) is 5.75 Å². The van der Waals surface area contributed by atoms with Gasteiger partial charge in [0.25, 0.3) is 5.89 Å². The van der Waals surface area contributed by atoms with Gasteiger partial charge < -0.3 is 14.0 Å². The summed E-state index contributed by atoms with van der Waals surface area (Å²) in [5.74, 6) is 1.66. The molecule has 2 aromatic heterocycles. The quantitative estimate of drug-likeness (QED) is 0.440. The summed E-state index contributed by atoms with van der Waals surface area (Å²) in [5.41, 5.74) is 3.80. The fraction of sp³-hybridized carbons (Fsp3) is 0.174. The number of hydrogen-bond donors (Lipinski definition) is 0. The molecule has 0 aliphatic heterocycles. The molecular formula is C23H21N3O3. The first kappa shape index (κ1) is 18.8. The van der Waals surface area contributed by atoms with Crippen molar-refractivity contribution in [3.05, 3.63) is 84.3 Å². The van der Waals surface area contributed by atoms with Crippen LogP contribution in [0.2, 0.25) is 0 Å². The lowest BCUT2D eigenvalue weighted by atomic mass is 10.1. The number of ether oxygens (including phenoxy) is 2. The Bertz CT molecular complexity index is 1040. The summed E-state index contributed by atoms with van der Waals surface area (Å²) < 4.78 is 16.3. The number of methoxy groups -OCH3 is 1. The standard InChI is InChI=1S/C23H21N3O3/c1-16(27-2)17-8-10-18(11-9-17)21-13-12-19(14-24-21)23-25-22(26-29-23)15-28-20-6-4-3-5-7-20/h3-14,16H,15H2,1-2H3. The van der Waals surface area contributed by atoms with E-state index in [2.05, 4.69) is 27.3 Å². The van der Waals surface area contributed by atoms with Crippen molar-refractivity contribution in [2.24, 2.45) is 0 Å². The minimum absolute atomic E-state index is 0.0666. The average Bonchev–Trinajstić information content (AvgIpc) is 3.27. The molecule has 4 rings (SSSR count). The SMILES string of the molecule is COC(C)c1ccc(-c2ccc(-c3nc(COc4ccccc4)no3)cn2)cc1. The molecule has 0 N–H and O–H groups in total. The first-order valence-electron chi connectivity index (χ1n) is 9.33. The summed E-state index contributed by atoms with van der Waals surface area (Å²) in [4.78, 5) is 8.91. The van der Waals surface area contributed by atoms with Crippen molar-refractivity contribution in [3.8, 4) is 28.5 Å². The van der Waals surface area contributed by atoms with Crippen molar-refractivity contribution in [2.75, 3.05) is 7.11 Å². The zero-order valence-electron chi connectivity index (χ0n) is 16.3. The highest BCUT2D eigenvalue weighted by molar-refractivity contribution is 5.62. The molecule has 0 bridgehead atoms. The van der Waals surface area contributed by atoms with Gasteiger partial charge in [-0.1, -0.05) is 47.6 Å². The number of para-hydroxylation sites is 1. The average molecular weight is 387 g/mol. The molecule has 1 atom stereocenters. The molecule has 1 unspecified atom stereocenters. The number of nitrogens with zero attached hydrogens (tertiary/aromatic N) is 3. The van der Waals surface area contributed by atoms with Gasteiger partial charge in [-0.05, 0) is 36.8 Å². The molecule has 0 aliphatic rings. The van der Waals surface area contributed by atoms with Crippen LogP contribution in [0.1, 0.15) is 24.4 Å². The Balaban J connectivity index is 1.43. The van der Waals surface area contributed by atoms with Gasteiger partial charge in [-0.15, -0.1) is 0 Å². The molecule has 2 aromatic carbocycles. The van der Waals surface area contributed by atoms with E-state index in [0.717, 1.165) is 28.1 Å². The van der Waals surface area contributed by atoms with Crippen LogP contribution in [0.4, 0.5) is 0 Å². The van der Waals surface area contributed by atoms with Crippen molar-refractivity contribution in [1.82, 2.24) is 15.1 Å². The number of rotatable bonds is 7. The molecule has 0 aliphatic carbocycles. The molecule has 0 radical (unpaired) electrons. The lowest BCUT2D eigenvalue weighted by molar-refractivity contribution is 0.119. The Kier molecular flexibility index (Phi) is 5.63. The van der Waals surface area contributed by atoms with E-state index in [1.807, 2.05) is 61.5 Å². The summed E-state index contributed by atoms with van der Waals surface area (Å²) in [7, 11) is 1.70. The topological polar surface area (TPSA) is 70.3 Å². The molecule has 0 spiro atoms. The van der Waals surface area contributed by atoms with E-state index in [1.165, 1.54) is 0 Å². The van der Waals surface area contributed by atoms with Crippen molar-refractivity contribution in [1.29, 1.82) is 0 Å². The molecular weight excluding hydrogens is 366 g/mol. The van der Waals surface area contributed by atoms with E-state index in [9.17, 15) is 0 Å². The van der Waals surface area contributed by atoms with Crippen LogP contribution >= 0.6 is 0 Å². The fourth-order valence-electron chi connectivity index (χ4n) is 2.85. The Hall–Kier alpha value is -3.51. The molecule has 0 amide bonds. The molecule has 0 saturated heterocycles. The first-order valence-corrected chi connectivity index (χ1v) is 9.33. The van der Waals surface area contributed by atoms with Crippen molar-refractivity contribution in [2.45, 2.75) is 19.6 Å². The van der Waals surface area contributed by atoms with Gasteiger partial charge in [-0.25, -0.2) is 0 Å². The van der Waals surface area contributed by atoms with E-state index in [0.29, 0.717) is 11.7 Å². The molecule has 6 nitrogen and oxygen atoms in total. The lowest BCUT2D eigenvalue weighted by Crippen LogP contribution is -1.97. The van der Waals surface area contributed by atoms with E-state index < -0.39 is 0 Å². The van der Waals surface area contributed by atoms with Gasteiger partial charge in [0.1, 0.15) is 5.75 Å². The Morgan fingerprint density at radius 1 is 0.931 bits per heavy atom. The summed E-state index contributed by atoms with van der Waals surface area (Å²) in [6.07, 6.45) is 1.80. The summed E-state index contributed by atoms with van der Waals surface area (Å²) in [6, 6.07) is 21.6. The maximum atomic E-state index is 5.64. The van der Waals surface area contributed by atoms with Crippen LogP contribution < -0.4 is 4.74 Å². The van der Waals surface area contributed by atoms with Gasteiger partial charge in [-0.3, -0.25) is 4.98 Å². The molecule has 146 valence electrons. The first-order chi connectivity index (χ1) is 14.2. The van der Waals surface area contributed by atoms with Crippen molar-refractivity contribution >= 4 is 0 Å². The second kappa shape index (κ2) is 8.67. The second-order valence-corrected chi connectivity index (χ2v) is 6.55. The molecule has 6 heteroatoms. The van der Waals surface area contributed by atoms with Crippen LogP contribution in [0.3, 0.4) is 0 Å². The molecule has 2 heterocycles. The normalized spacial score (nSPS) is 11.9. The zero-order chi connectivity index (χ0) is 20.1. The summed E-state index contributed by atoms with van der Waals surface area (Å²) >= 11 is 0. The van der Waals surface area contributed by atoms with Gasteiger partial charge in [-0.2, -0.15) is 4.98 Å². The van der Waals surface area contributed by atoms with E-state index in [-0.39, 0.29) is 12.7 Å². The van der Waals surface area contributed by atoms with Gasteiger partial charge in [0, 0.05) is 18.9 Å². The summed E-state index contributed by atoms with van der Waals surface area (Å²) in [6.45, 7) is 2.26. The zero-order valence-corrected chi connectivity index (χ0v) is 16.3. The highest BCUT2D eigenvalue weighted by atomic mass is 16.5. The monoisotopic (exact) mass is 387 g/mol. The van der Waals surface area contributed by atoms with E-state index in [1.54, 1.807) is 13.3 Å². The third-order valence-electron chi connectivity index (χ3n) is 4.62. The van der Waals surface area contributed by atoms with Gasteiger partial charge in [0.2, 0.25) is 5.82 Å². The van der Waals surface area contributed by atoms with Gasteiger partial charge in [0.15, 0.2) is 6.61 Å². The van der Waals surface area contributed by atoms with Gasteiger partial charge in [0.05, 0.1) is 17.4 Å². The van der Waals surface area contributed by atoms with Gasteiger partial charge >= 0.3 is 0 Å². The largest absolute Gasteiger partial charge is 0.485 e. The van der Waals surface area contributed by atoms with Crippen LogP contribution in [-0.2, 0) is 11.3 Å². The molecule has 29 heavy (non-hydrogen) atoms. The van der Waals surface area contributed by atoms with Crippen LogP contribution in [-0.4, -0.2) is 22.2 Å². The number of benzene rings is 2. The number of hydrogen-bond acceptors (Lipinski definition) is 6. The fourth-order valence-corrected chi connectivity index (χ4v) is 2.85. The van der Waals surface area contributed by atoms with Crippen LogP contribution in [0.25, 0.3) is 22.7 Å². The highest BCUT2D eigenvalue weighted by Gasteiger charge is 2.11. The Labute approximate surface area is 169 Å². The minimum Gasteiger partial charge on any atom is -0.485 e. The maximum absolute atomic E-state index is 5.64. The second-order valence-electron chi connectivity index (χ2n) is 6.55. The van der Waals surface area contributed by atoms with E-state index >= 15 is 0 Å². The predicted molar refractivity (Wildman–Crippen MR) is 109 cm³/mol. The maximum Gasteiger partial charge on any atom is 0.259 e. The Morgan fingerprint density at radius 2 is 1.69 bits per heavy atom. The van der Waals surface area contributed by atoms with Crippen molar-refractivity contribution in [3.63, 3.8) is 0 Å². The smallest absolute Gasteiger partial charge is 0.259 e. The highest BCUT2D eigenvalue weighted by Crippen LogP contribution is 2.24. The number of aromatic nitrogens is 3. The number of pyridine rings is 1. The Morgan fingerprint density at radius 3 is 2.38 bits per heavy atom.